The SMILES string of the molecule is CN(C)Cc1ccc(C#CC#Cc2ccc(C(=O)N[C@H](C(=O)NO)C(C)(O)C(F)F)cc2)cc1. The standard InChI is InChI=1S/C25H25F2N3O4/c1-25(33,24(26)27)21(23(32)29-34)28-22(31)20-14-12-18(13-15-20)7-5-4-6-17-8-10-19(11-9-17)16-30(2)3/h8-15,21,24,33-34H,16H2,1-3H3,(H,28,31)(H,29,32)/t21-,25?/m1/s1. The fourth-order valence-corrected chi connectivity index (χ4v) is 2.85. The molecule has 2 amide bonds. The number of amides is 2. The lowest BCUT2D eigenvalue weighted by molar-refractivity contribution is -0.149. The number of carbonyl (C=O) groups excluding carboxylic acids is 2. The lowest BCUT2D eigenvalue weighted by atomic mass is 9.95. The van der Waals surface area contributed by atoms with Crippen LogP contribution in [0.15, 0.2) is 48.5 Å². The highest BCUT2D eigenvalue weighted by molar-refractivity contribution is 5.97. The number of aliphatic hydroxyl groups is 1. The number of halogens is 2. The first kappa shape index (κ1) is 26.5. The summed E-state index contributed by atoms with van der Waals surface area (Å²) in [6.07, 6.45) is -3.36. The molecule has 0 aromatic heterocycles. The van der Waals surface area contributed by atoms with Crippen molar-refractivity contribution in [2.45, 2.75) is 31.5 Å². The van der Waals surface area contributed by atoms with Crippen LogP contribution in [0.2, 0.25) is 0 Å². The molecular weight excluding hydrogens is 444 g/mol. The van der Waals surface area contributed by atoms with Crippen molar-refractivity contribution in [3.63, 3.8) is 0 Å². The van der Waals surface area contributed by atoms with E-state index in [2.05, 4.69) is 28.6 Å². The fourth-order valence-electron chi connectivity index (χ4n) is 2.85. The Bertz CT molecular complexity index is 1120. The summed E-state index contributed by atoms with van der Waals surface area (Å²) in [5.74, 6) is 8.96. The van der Waals surface area contributed by atoms with Crippen LogP contribution in [0.3, 0.4) is 0 Å². The molecule has 4 N–H and O–H groups in total. The fraction of sp³-hybridized carbons (Fsp3) is 0.280. The van der Waals surface area contributed by atoms with Crippen molar-refractivity contribution in [3.8, 4) is 23.7 Å². The lowest BCUT2D eigenvalue weighted by Gasteiger charge is -2.30. The number of nitrogens with one attached hydrogen (secondary N) is 2. The summed E-state index contributed by atoms with van der Waals surface area (Å²) in [6, 6.07) is 11.5. The summed E-state index contributed by atoms with van der Waals surface area (Å²) in [7, 11) is 3.99. The van der Waals surface area contributed by atoms with Gasteiger partial charge in [-0.3, -0.25) is 14.8 Å². The van der Waals surface area contributed by atoms with E-state index < -0.39 is 29.9 Å². The predicted octanol–water partition coefficient (Wildman–Crippen LogP) is 1.77. The molecule has 9 heteroatoms. The van der Waals surface area contributed by atoms with Crippen LogP contribution >= 0.6 is 0 Å². The van der Waals surface area contributed by atoms with Gasteiger partial charge in [0.15, 0.2) is 5.60 Å². The number of rotatable bonds is 7. The van der Waals surface area contributed by atoms with E-state index in [0.29, 0.717) is 12.5 Å². The maximum Gasteiger partial charge on any atom is 0.269 e. The molecule has 0 saturated heterocycles. The highest BCUT2D eigenvalue weighted by Crippen LogP contribution is 2.20. The Hall–Kier alpha value is -3.76. The van der Waals surface area contributed by atoms with Gasteiger partial charge in [0.25, 0.3) is 18.2 Å². The Balaban J connectivity index is 2.06. The lowest BCUT2D eigenvalue weighted by Crippen LogP contribution is -2.61. The smallest absolute Gasteiger partial charge is 0.269 e. The first-order valence-corrected chi connectivity index (χ1v) is 10.2. The topological polar surface area (TPSA) is 102 Å². The Morgan fingerprint density at radius 2 is 1.50 bits per heavy atom. The minimum Gasteiger partial charge on any atom is -0.381 e. The zero-order valence-corrected chi connectivity index (χ0v) is 18.9. The number of hydrogen-bond acceptors (Lipinski definition) is 5. The van der Waals surface area contributed by atoms with Crippen molar-refractivity contribution in [1.29, 1.82) is 0 Å². The minimum absolute atomic E-state index is 0.0373. The van der Waals surface area contributed by atoms with Gasteiger partial charge in [0.2, 0.25) is 0 Å². The third-order valence-electron chi connectivity index (χ3n) is 4.75. The van der Waals surface area contributed by atoms with E-state index >= 15 is 0 Å². The van der Waals surface area contributed by atoms with Crippen molar-refractivity contribution in [1.82, 2.24) is 15.7 Å². The van der Waals surface area contributed by atoms with E-state index in [1.54, 1.807) is 0 Å². The molecular formula is C25H25F2N3O4. The molecule has 0 spiro atoms. The average Bonchev–Trinajstić information content (AvgIpc) is 2.80. The van der Waals surface area contributed by atoms with Crippen LogP contribution < -0.4 is 10.8 Å². The Kier molecular flexibility index (Phi) is 9.28. The normalized spacial score (nSPS) is 13.1. The van der Waals surface area contributed by atoms with Crippen LogP contribution in [0.4, 0.5) is 8.78 Å². The molecule has 0 aliphatic heterocycles. The predicted molar refractivity (Wildman–Crippen MR) is 122 cm³/mol. The van der Waals surface area contributed by atoms with Crippen molar-refractivity contribution in [2.24, 2.45) is 0 Å². The van der Waals surface area contributed by atoms with Gasteiger partial charge < -0.3 is 15.3 Å². The van der Waals surface area contributed by atoms with E-state index in [-0.39, 0.29) is 5.56 Å². The molecule has 2 atom stereocenters. The monoisotopic (exact) mass is 469 g/mol. The summed E-state index contributed by atoms with van der Waals surface area (Å²) in [5, 5.41) is 20.6. The van der Waals surface area contributed by atoms with Crippen LogP contribution in [-0.4, -0.2) is 59.2 Å². The molecule has 0 heterocycles. The largest absolute Gasteiger partial charge is 0.381 e. The Morgan fingerprint density at radius 3 is 1.94 bits per heavy atom. The van der Waals surface area contributed by atoms with Crippen LogP contribution in [0.25, 0.3) is 0 Å². The van der Waals surface area contributed by atoms with Crippen LogP contribution in [-0.2, 0) is 11.3 Å². The molecule has 0 aliphatic rings. The van der Waals surface area contributed by atoms with Crippen molar-refractivity contribution in [3.05, 3.63) is 70.8 Å². The second-order valence-corrected chi connectivity index (χ2v) is 7.92. The van der Waals surface area contributed by atoms with E-state index in [1.807, 2.05) is 43.7 Å². The molecule has 178 valence electrons. The minimum atomic E-state index is -3.36. The van der Waals surface area contributed by atoms with E-state index in [0.717, 1.165) is 17.6 Å². The van der Waals surface area contributed by atoms with Crippen LogP contribution in [0.5, 0.6) is 0 Å². The van der Waals surface area contributed by atoms with Crippen LogP contribution in [0.1, 0.15) is 34.0 Å². The zero-order valence-electron chi connectivity index (χ0n) is 18.9. The van der Waals surface area contributed by atoms with Gasteiger partial charge in [0, 0.05) is 23.2 Å². The number of carbonyl (C=O) groups is 2. The molecule has 0 bridgehead atoms. The van der Waals surface area contributed by atoms with Crippen molar-refractivity contribution in [2.75, 3.05) is 14.1 Å². The van der Waals surface area contributed by atoms with Crippen LogP contribution in [0, 0.1) is 23.7 Å². The molecule has 0 fully saturated rings. The molecule has 2 rings (SSSR count). The maximum absolute atomic E-state index is 13.1. The number of nitrogens with zero attached hydrogens (tertiary/aromatic N) is 1. The van der Waals surface area contributed by atoms with Gasteiger partial charge in [-0.2, -0.15) is 0 Å². The number of hydroxylamine groups is 1. The maximum atomic E-state index is 13.1. The molecule has 0 aliphatic carbocycles. The summed E-state index contributed by atoms with van der Waals surface area (Å²) < 4.78 is 26.2. The van der Waals surface area contributed by atoms with Gasteiger partial charge in [-0.1, -0.05) is 24.0 Å². The van der Waals surface area contributed by atoms with Gasteiger partial charge >= 0.3 is 0 Å². The molecule has 2 aromatic rings. The number of hydrogen-bond donors (Lipinski definition) is 4. The van der Waals surface area contributed by atoms with Gasteiger partial charge in [0.1, 0.15) is 6.04 Å². The molecule has 0 radical (unpaired) electrons. The van der Waals surface area contributed by atoms with Gasteiger partial charge in [-0.25, -0.2) is 14.3 Å². The van der Waals surface area contributed by atoms with Gasteiger partial charge in [-0.15, -0.1) is 0 Å². The Labute approximate surface area is 196 Å². The second-order valence-electron chi connectivity index (χ2n) is 7.92. The quantitative estimate of drug-likeness (QED) is 0.281. The van der Waals surface area contributed by atoms with Gasteiger partial charge in [-0.05, 0) is 74.8 Å². The number of benzene rings is 2. The first-order chi connectivity index (χ1) is 16.0. The highest BCUT2D eigenvalue weighted by Gasteiger charge is 2.46. The summed E-state index contributed by atoms with van der Waals surface area (Å²) in [6.45, 7) is 1.51. The zero-order chi connectivity index (χ0) is 25.3. The summed E-state index contributed by atoms with van der Waals surface area (Å²) in [4.78, 5) is 26.1. The first-order valence-electron chi connectivity index (χ1n) is 10.2. The Morgan fingerprint density at radius 1 is 1.00 bits per heavy atom. The van der Waals surface area contributed by atoms with Crippen molar-refractivity contribution >= 4 is 11.8 Å². The van der Waals surface area contributed by atoms with E-state index in [1.165, 1.54) is 29.8 Å². The highest BCUT2D eigenvalue weighted by atomic mass is 19.3. The van der Waals surface area contributed by atoms with E-state index in [4.69, 9.17) is 5.21 Å². The third kappa shape index (κ3) is 7.39. The molecule has 7 nitrogen and oxygen atoms in total. The summed E-state index contributed by atoms with van der Waals surface area (Å²) in [5.41, 5.74) is 0.846. The molecule has 2 aromatic carbocycles. The second kappa shape index (κ2) is 11.9. The molecule has 34 heavy (non-hydrogen) atoms. The average molecular weight is 469 g/mol. The van der Waals surface area contributed by atoms with Crippen molar-refractivity contribution < 1.29 is 28.7 Å². The molecule has 1 unspecified atom stereocenters. The third-order valence-corrected chi connectivity index (χ3v) is 4.75. The van der Waals surface area contributed by atoms with E-state index in [9.17, 15) is 23.5 Å². The molecule has 0 saturated carbocycles. The summed E-state index contributed by atoms with van der Waals surface area (Å²) >= 11 is 0. The van der Waals surface area contributed by atoms with Gasteiger partial charge in [0.05, 0.1) is 0 Å². The number of alkyl halides is 2.